The van der Waals surface area contributed by atoms with E-state index in [2.05, 4.69) is 10.6 Å². The first kappa shape index (κ1) is 12.4. The lowest BCUT2D eigenvalue weighted by Gasteiger charge is -2.16. The number of aliphatic carboxylic acids is 1. The Morgan fingerprint density at radius 1 is 1.50 bits per heavy atom. The smallest absolute Gasteiger partial charge is 0.326 e. The van der Waals surface area contributed by atoms with Gasteiger partial charge in [0.1, 0.15) is 6.04 Å². The van der Waals surface area contributed by atoms with Gasteiger partial charge in [-0.25, -0.2) is 4.79 Å². The van der Waals surface area contributed by atoms with Crippen molar-refractivity contribution in [1.82, 2.24) is 5.32 Å². The molecule has 2 atom stereocenters. The van der Waals surface area contributed by atoms with E-state index in [1.165, 1.54) is 0 Å². The fourth-order valence-electron chi connectivity index (χ4n) is 2.13. The molecule has 1 aromatic rings. The fourth-order valence-corrected chi connectivity index (χ4v) is 2.13. The minimum atomic E-state index is -0.995. The third kappa shape index (κ3) is 2.30. The third-order valence-electron chi connectivity index (χ3n) is 3.17. The molecule has 3 N–H and O–H groups in total. The summed E-state index contributed by atoms with van der Waals surface area (Å²) in [5.41, 5.74) is 1.87. The Balaban J connectivity index is 2.10. The molecule has 0 bridgehead atoms. The van der Waals surface area contributed by atoms with Crippen LogP contribution in [-0.4, -0.2) is 29.6 Å². The van der Waals surface area contributed by atoms with Gasteiger partial charge in [0.2, 0.25) is 5.91 Å². The van der Waals surface area contributed by atoms with E-state index in [1.807, 2.05) is 24.3 Å². The summed E-state index contributed by atoms with van der Waals surface area (Å²) in [5.74, 6) is -1.54. The van der Waals surface area contributed by atoms with E-state index < -0.39 is 12.0 Å². The molecule has 2 rings (SSSR count). The number of carboxylic acids is 1. The highest BCUT2D eigenvalue weighted by molar-refractivity contribution is 5.91. The average molecular weight is 248 g/mol. The number of carbonyl (C=O) groups is 2. The van der Waals surface area contributed by atoms with Crippen molar-refractivity contribution in [3.63, 3.8) is 0 Å². The van der Waals surface area contributed by atoms with Crippen LogP contribution in [0.3, 0.4) is 0 Å². The molecule has 1 aliphatic rings. The van der Waals surface area contributed by atoms with Crippen LogP contribution in [0.25, 0.3) is 0 Å². The molecule has 0 aromatic heterocycles. The van der Waals surface area contributed by atoms with E-state index in [9.17, 15) is 9.59 Å². The number of hydrogen-bond acceptors (Lipinski definition) is 3. The van der Waals surface area contributed by atoms with E-state index in [0.717, 1.165) is 11.3 Å². The van der Waals surface area contributed by atoms with Gasteiger partial charge >= 0.3 is 5.97 Å². The van der Waals surface area contributed by atoms with Crippen molar-refractivity contribution in [3.8, 4) is 0 Å². The Bertz CT molecular complexity index is 473. The number of rotatable bonds is 4. The summed E-state index contributed by atoms with van der Waals surface area (Å²) in [7, 11) is 0. The van der Waals surface area contributed by atoms with Crippen molar-refractivity contribution in [2.45, 2.75) is 25.3 Å². The van der Waals surface area contributed by atoms with E-state index in [4.69, 9.17) is 5.11 Å². The largest absolute Gasteiger partial charge is 0.480 e. The highest BCUT2D eigenvalue weighted by Crippen LogP contribution is 2.31. The molecule has 0 saturated heterocycles. The molecule has 1 heterocycles. The van der Waals surface area contributed by atoms with Crippen LogP contribution in [0, 0.1) is 0 Å². The molecule has 1 aromatic carbocycles. The van der Waals surface area contributed by atoms with Crippen LogP contribution in [0.1, 0.15) is 24.8 Å². The Morgan fingerprint density at radius 3 is 2.89 bits per heavy atom. The van der Waals surface area contributed by atoms with Gasteiger partial charge in [-0.05, 0) is 18.1 Å². The van der Waals surface area contributed by atoms with Gasteiger partial charge in [-0.1, -0.05) is 25.1 Å². The number of amides is 1. The van der Waals surface area contributed by atoms with E-state index >= 15 is 0 Å². The maximum Gasteiger partial charge on any atom is 0.326 e. The lowest BCUT2D eigenvalue weighted by Crippen LogP contribution is -2.43. The van der Waals surface area contributed by atoms with Crippen molar-refractivity contribution in [2.75, 3.05) is 11.9 Å². The molecule has 0 radical (unpaired) electrons. The molecular formula is C13H16N2O3. The Labute approximate surface area is 105 Å². The predicted molar refractivity (Wildman–Crippen MR) is 67.5 cm³/mol. The van der Waals surface area contributed by atoms with Gasteiger partial charge in [0.15, 0.2) is 0 Å². The molecule has 96 valence electrons. The van der Waals surface area contributed by atoms with Gasteiger partial charge in [0, 0.05) is 12.2 Å². The molecule has 0 aliphatic carbocycles. The first-order chi connectivity index (χ1) is 8.63. The normalized spacial score (nSPS) is 18.6. The maximum atomic E-state index is 12.1. The molecule has 5 heteroatoms. The quantitative estimate of drug-likeness (QED) is 0.747. The summed E-state index contributed by atoms with van der Waals surface area (Å²) in [6.07, 6.45) is 0.378. The van der Waals surface area contributed by atoms with Crippen LogP contribution in [0.5, 0.6) is 0 Å². The number of hydrogen-bond donors (Lipinski definition) is 3. The zero-order chi connectivity index (χ0) is 13.1. The molecule has 0 fully saturated rings. The molecule has 18 heavy (non-hydrogen) atoms. The number of carboxylic acid groups (broad SMARTS) is 1. The SMILES string of the molecule is CC[C@H](NC(=O)C1CNc2ccccc21)C(=O)O. The zero-order valence-corrected chi connectivity index (χ0v) is 10.1. The third-order valence-corrected chi connectivity index (χ3v) is 3.17. The predicted octanol–water partition coefficient (Wildman–Crippen LogP) is 1.18. The molecule has 5 nitrogen and oxygen atoms in total. The van der Waals surface area contributed by atoms with Gasteiger partial charge in [-0.3, -0.25) is 4.79 Å². The fraction of sp³-hybridized carbons (Fsp3) is 0.385. The number of nitrogens with one attached hydrogen (secondary N) is 2. The van der Waals surface area contributed by atoms with Crippen LogP contribution in [0.2, 0.25) is 0 Å². The molecular weight excluding hydrogens is 232 g/mol. The van der Waals surface area contributed by atoms with Crippen molar-refractivity contribution in [3.05, 3.63) is 29.8 Å². The van der Waals surface area contributed by atoms with Gasteiger partial charge < -0.3 is 15.7 Å². The van der Waals surface area contributed by atoms with Crippen molar-refractivity contribution < 1.29 is 14.7 Å². The van der Waals surface area contributed by atoms with Crippen molar-refractivity contribution in [2.24, 2.45) is 0 Å². The summed E-state index contributed by atoms with van der Waals surface area (Å²) in [6, 6.07) is 6.77. The molecule has 1 amide bonds. The summed E-state index contributed by atoms with van der Waals surface area (Å²) < 4.78 is 0. The van der Waals surface area contributed by atoms with Gasteiger partial charge in [0.05, 0.1) is 5.92 Å². The zero-order valence-electron chi connectivity index (χ0n) is 10.1. The first-order valence-corrected chi connectivity index (χ1v) is 5.99. The van der Waals surface area contributed by atoms with Crippen LogP contribution < -0.4 is 10.6 Å². The lowest BCUT2D eigenvalue weighted by molar-refractivity contribution is -0.142. The van der Waals surface area contributed by atoms with E-state index in [0.29, 0.717) is 13.0 Å². The highest BCUT2D eigenvalue weighted by atomic mass is 16.4. The second kappa shape index (κ2) is 5.08. The molecule has 1 aliphatic heterocycles. The monoisotopic (exact) mass is 248 g/mol. The van der Waals surface area contributed by atoms with Crippen LogP contribution >= 0.6 is 0 Å². The lowest BCUT2D eigenvalue weighted by atomic mass is 10.00. The Kier molecular flexibility index (Phi) is 3.50. The maximum absolute atomic E-state index is 12.1. The van der Waals surface area contributed by atoms with Gasteiger partial charge in [0.25, 0.3) is 0 Å². The van der Waals surface area contributed by atoms with Crippen molar-refractivity contribution in [1.29, 1.82) is 0 Å². The van der Waals surface area contributed by atoms with Gasteiger partial charge in [-0.2, -0.15) is 0 Å². The second-order valence-corrected chi connectivity index (χ2v) is 4.33. The Hall–Kier alpha value is -2.04. The molecule has 0 spiro atoms. The first-order valence-electron chi connectivity index (χ1n) is 5.99. The number of anilines is 1. The van der Waals surface area contributed by atoms with Crippen LogP contribution in [0.15, 0.2) is 24.3 Å². The number of fused-ring (bicyclic) bond motifs is 1. The minimum Gasteiger partial charge on any atom is -0.480 e. The minimum absolute atomic E-state index is 0.235. The number of para-hydroxylation sites is 1. The number of carbonyl (C=O) groups excluding carboxylic acids is 1. The number of benzene rings is 1. The summed E-state index contributed by atoms with van der Waals surface area (Å²) in [4.78, 5) is 23.0. The van der Waals surface area contributed by atoms with Gasteiger partial charge in [-0.15, -0.1) is 0 Å². The van der Waals surface area contributed by atoms with E-state index in [1.54, 1.807) is 6.92 Å². The summed E-state index contributed by atoms with van der Waals surface area (Å²) >= 11 is 0. The van der Waals surface area contributed by atoms with E-state index in [-0.39, 0.29) is 11.8 Å². The van der Waals surface area contributed by atoms with Crippen LogP contribution in [0.4, 0.5) is 5.69 Å². The highest BCUT2D eigenvalue weighted by Gasteiger charge is 2.30. The summed E-state index contributed by atoms with van der Waals surface area (Å²) in [6.45, 7) is 2.25. The Morgan fingerprint density at radius 2 is 2.22 bits per heavy atom. The standard InChI is InChI=1S/C13H16N2O3/c1-2-10(13(17)18)15-12(16)9-7-14-11-6-4-3-5-8(9)11/h3-6,9-10,14H,2,7H2,1H3,(H,15,16)(H,17,18)/t9?,10-/m0/s1. The second-order valence-electron chi connectivity index (χ2n) is 4.33. The molecule has 1 unspecified atom stereocenters. The molecule has 0 saturated carbocycles. The summed E-state index contributed by atoms with van der Waals surface area (Å²) in [5, 5.41) is 14.6. The van der Waals surface area contributed by atoms with Crippen molar-refractivity contribution >= 4 is 17.6 Å². The average Bonchev–Trinajstić information content (AvgIpc) is 2.79. The topological polar surface area (TPSA) is 78.4 Å². The van der Waals surface area contributed by atoms with Crippen LogP contribution in [-0.2, 0) is 9.59 Å².